The van der Waals surface area contributed by atoms with E-state index >= 15 is 0 Å². The van der Waals surface area contributed by atoms with Crippen molar-refractivity contribution in [2.75, 3.05) is 20.7 Å². The zero-order valence-corrected chi connectivity index (χ0v) is 20.9. The first-order valence-electron chi connectivity index (χ1n) is 11.4. The third-order valence-electron chi connectivity index (χ3n) is 6.21. The molecule has 2 aliphatic rings. The first kappa shape index (κ1) is 25.5. The van der Waals surface area contributed by atoms with Crippen LogP contribution in [0.15, 0.2) is 77.6 Å². The molecule has 1 heterocycles. The van der Waals surface area contributed by atoms with E-state index in [-0.39, 0.29) is 12.5 Å². The number of rotatable bonds is 9. The van der Waals surface area contributed by atoms with Crippen LogP contribution >= 0.6 is 11.6 Å². The van der Waals surface area contributed by atoms with E-state index in [0.29, 0.717) is 17.3 Å². The lowest BCUT2D eigenvalue weighted by Gasteiger charge is -2.36. The zero-order chi connectivity index (χ0) is 24.7. The smallest absolute Gasteiger partial charge is 0.251 e. The molecule has 1 aliphatic heterocycles. The van der Waals surface area contributed by atoms with Crippen LogP contribution in [0.5, 0.6) is 5.75 Å². The van der Waals surface area contributed by atoms with Crippen molar-refractivity contribution in [2.24, 2.45) is 4.99 Å². The molecular formula is C27H33ClN4O2. The summed E-state index contributed by atoms with van der Waals surface area (Å²) in [5.41, 5.74) is 3.38. The number of allylic oxidation sites excluding steroid dienone is 4. The second-order valence-corrected chi connectivity index (χ2v) is 8.67. The van der Waals surface area contributed by atoms with E-state index in [1.165, 1.54) is 6.20 Å². The summed E-state index contributed by atoms with van der Waals surface area (Å²) in [4.78, 5) is 20.1. The Labute approximate surface area is 207 Å². The zero-order valence-electron chi connectivity index (χ0n) is 20.2. The van der Waals surface area contributed by atoms with Crippen LogP contribution < -0.4 is 15.4 Å². The van der Waals surface area contributed by atoms with Gasteiger partial charge < -0.3 is 20.3 Å². The van der Waals surface area contributed by atoms with Crippen molar-refractivity contribution < 1.29 is 9.53 Å². The SMILES string of the molecule is C=CNC(=O)[C@@](CN1Cc2ccc(OC)cc2C1=C)(NC)/C(Cl)=C/C(=C/C)N=C1C=CCCC1. The predicted molar refractivity (Wildman–Crippen MR) is 141 cm³/mol. The first-order valence-corrected chi connectivity index (χ1v) is 11.8. The summed E-state index contributed by atoms with van der Waals surface area (Å²) < 4.78 is 5.37. The monoisotopic (exact) mass is 480 g/mol. The molecule has 1 amide bonds. The molecule has 0 fully saturated rings. The lowest BCUT2D eigenvalue weighted by molar-refractivity contribution is -0.125. The summed E-state index contributed by atoms with van der Waals surface area (Å²) in [6.07, 6.45) is 12.2. The summed E-state index contributed by atoms with van der Waals surface area (Å²) in [6, 6.07) is 5.91. The minimum absolute atomic E-state index is 0.266. The number of amides is 1. The maximum absolute atomic E-state index is 13.4. The number of fused-ring (bicyclic) bond motifs is 1. The number of ether oxygens (including phenoxy) is 1. The molecule has 0 bridgehead atoms. The number of halogens is 1. The Morgan fingerprint density at radius 3 is 2.82 bits per heavy atom. The minimum Gasteiger partial charge on any atom is -0.497 e. The second-order valence-electron chi connectivity index (χ2n) is 8.26. The molecular weight excluding hydrogens is 448 g/mol. The van der Waals surface area contributed by atoms with Crippen molar-refractivity contribution in [2.45, 2.75) is 38.3 Å². The predicted octanol–water partition coefficient (Wildman–Crippen LogP) is 4.91. The molecule has 3 rings (SSSR count). The fraction of sp³-hybridized carbons (Fsp3) is 0.333. The summed E-state index contributed by atoms with van der Waals surface area (Å²) in [6.45, 7) is 10.7. The van der Waals surface area contributed by atoms with Crippen LogP contribution in [0.1, 0.15) is 37.3 Å². The number of hydrogen-bond donors (Lipinski definition) is 2. The van der Waals surface area contributed by atoms with E-state index in [9.17, 15) is 4.79 Å². The first-order chi connectivity index (χ1) is 16.4. The van der Waals surface area contributed by atoms with Crippen LogP contribution in [0.4, 0.5) is 0 Å². The van der Waals surface area contributed by atoms with Gasteiger partial charge in [0.1, 0.15) is 5.75 Å². The number of methoxy groups -OCH3 is 1. The van der Waals surface area contributed by atoms with Gasteiger partial charge in [-0.15, -0.1) is 0 Å². The molecule has 7 heteroatoms. The highest BCUT2D eigenvalue weighted by atomic mass is 35.5. The van der Waals surface area contributed by atoms with Crippen LogP contribution in [-0.4, -0.2) is 42.8 Å². The van der Waals surface area contributed by atoms with Gasteiger partial charge in [-0.3, -0.25) is 9.79 Å². The van der Waals surface area contributed by atoms with E-state index in [1.807, 2.05) is 42.2 Å². The lowest BCUT2D eigenvalue weighted by atomic mass is 9.95. The molecule has 0 unspecified atom stereocenters. The lowest BCUT2D eigenvalue weighted by Crippen LogP contribution is -2.60. The summed E-state index contributed by atoms with van der Waals surface area (Å²) in [5, 5.41) is 6.21. The summed E-state index contributed by atoms with van der Waals surface area (Å²) in [7, 11) is 3.36. The third-order valence-corrected chi connectivity index (χ3v) is 6.64. The number of nitrogens with zero attached hydrogens (tertiary/aromatic N) is 2. The Kier molecular flexibility index (Phi) is 8.53. The molecule has 1 atom stereocenters. The van der Waals surface area contributed by atoms with Crippen molar-refractivity contribution in [3.8, 4) is 5.75 Å². The van der Waals surface area contributed by atoms with Crippen LogP contribution in [0.25, 0.3) is 5.70 Å². The highest BCUT2D eigenvalue weighted by Gasteiger charge is 2.43. The van der Waals surface area contributed by atoms with Gasteiger partial charge in [-0.25, -0.2) is 0 Å². The van der Waals surface area contributed by atoms with Gasteiger partial charge >= 0.3 is 0 Å². The maximum atomic E-state index is 13.4. The van der Waals surface area contributed by atoms with Gasteiger partial charge in [0.05, 0.1) is 24.4 Å². The van der Waals surface area contributed by atoms with Crippen molar-refractivity contribution >= 4 is 28.9 Å². The number of hydrogen-bond acceptors (Lipinski definition) is 5. The van der Waals surface area contributed by atoms with E-state index in [2.05, 4.69) is 29.9 Å². The van der Waals surface area contributed by atoms with Gasteiger partial charge in [-0.05, 0) is 69.3 Å². The van der Waals surface area contributed by atoms with Gasteiger partial charge in [0.15, 0.2) is 5.54 Å². The Hall–Kier alpha value is -3.09. The van der Waals surface area contributed by atoms with Gasteiger partial charge in [-0.1, -0.05) is 43.0 Å². The number of aliphatic imine (C=N–C) groups is 1. The van der Waals surface area contributed by atoms with Crippen molar-refractivity contribution in [1.29, 1.82) is 0 Å². The van der Waals surface area contributed by atoms with E-state index in [0.717, 1.165) is 47.5 Å². The van der Waals surface area contributed by atoms with Crippen molar-refractivity contribution in [1.82, 2.24) is 15.5 Å². The molecule has 0 saturated heterocycles. The van der Waals surface area contributed by atoms with E-state index in [1.54, 1.807) is 20.2 Å². The standard InChI is InChI=1S/C27H33ClN4O2/c1-6-21(31-22-11-9-8-10-12-22)15-25(28)27(29-4,26(33)30-7-2)18-32-17-20-13-14-23(34-5)16-24(20)19(32)3/h6-7,9,11,13-16,29H,2-3,8,10,12,17-18H2,1,4-5H3,(H,30,33)/b21-6-,25-15-,31-22?/t27-/m0/s1. The van der Waals surface area contributed by atoms with Crippen LogP contribution in [0.3, 0.4) is 0 Å². The molecule has 1 aliphatic carbocycles. The minimum atomic E-state index is -1.25. The Morgan fingerprint density at radius 2 is 2.21 bits per heavy atom. The van der Waals surface area contributed by atoms with E-state index in [4.69, 9.17) is 21.3 Å². The molecule has 1 aromatic rings. The average molecular weight is 481 g/mol. The maximum Gasteiger partial charge on any atom is 0.251 e. The summed E-state index contributed by atoms with van der Waals surface area (Å²) >= 11 is 6.91. The Morgan fingerprint density at radius 1 is 1.41 bits per heavy atom. The quantitative estimate of drug-likeness (QED) is 0.493. The van der Waals surface area contributed by atoms with Crippen molar-refractivity contribution in [3.05, 3.63) is 83.7 Å². The fourth-order valence-electron chi connectivity index (χ4n) is 4.18. The molecule has 180 valence electrons. The molecule has 34 heavy (non-hydrogen) atoms. The number of carbonyl (C=O) groups is 1. The highest BCUT2D eigenvalue weighted by molar-refractivity contribution is 6.33. The molecule has 0 aromatic heterocycles. The number of carbonyl (C=O) groups excluding carboxylic acids is 1. The molecule has 1 aromatic carbocycles. The van der Waals surface area contributed by atoms with Gasteiger partial charge in [0, 0.05) is 23.5 Å². The molecule has 0 saturated carbocycles. The summed E-state index contributed by atoms with van der Waals surface area (Å²) in [5.74, 6) is 0.450. The molecule has 0 spiro atoms. The number of nitrogens with one attached hydrogen (secondary N) is 2. The van der Waals surface area contributed by atoms with Crippen LogP contribution in [0, 0.1) is 0 Å². The average Bonchev–Trinajstić information content (AvgIpc) is 3.16. The van der Waals surface area contributed by atoms with Crippen LogP contribution in [0.2, 0.25) is 0 Å². The van der Waals surface area contributed by atoms with E-state index < -0.39 is 5.54 Å². The molecule has 6 nitrogen and oxygen atoms in total. The number of likely N-dealkylation sites (N-methyl/N-ethyl adjacent to an activating group) is 1. The highest BCUT2D eigenvalue weighted by Crippen LogP contribution is 2.37. The fourth-order valence-corrected chi connectivity index (χ4v) is 4.53. The topological polar surface area (TPSA) is 66.0 Å². The van der Waals surface area contributed by atoms with Crippen molar-refractivity contribution in [3.63, 3.8) is 0 Å². The Bertz CT molecular complexity index is 1090. The molecule has 0 radical (unpaired) electrons. The Balaban J connectivity index is 1.96. The van der Waals surface area contributed by atoms with Gasteiger partial charge in [0.25, 0.3) is 5.91 Å². The van der Waals surface area contributed by atoms with Crippen LogP contribution in [-0.2, 0) is 11.3 Å². The van der Waals surface area contributed by atoms with Gasteiger partial charge in [0.2, 0.25) is 0 Å². The number of benzene rings is 1. The largest absolute Gasteiger partial charge is 0.497 e. The molecule has 2 N–H and O–H groups in total. The van der Waals surface area contributed by atoms with Gasteiger partial charge in [-0.2, -0.15) is 0 Å². The second kappa shape index (κ2) is 11.4. The third kappa shape index (κ3) is 5.34. The normalized spacial score (nSPS) is 19.1.